The Morgan fingerprint density at radius 2 is 1.85 bits per heavy atom. The second-order valence-electron chi connectivity index (χ2n) is 5.17. The van der Waals surface area contributed by atoms with Gasteiger partial charge in [0.25, 0.3) is 0 Å². The third-order valence-corrected chi connectivity index (χ3v) is 2.77. The zero-order chi connectivity index (χ0) is 15.4. The first-order valence-electron chi connectivity index (χ1n) is 6.00. The molecule has 0 aliphatic carbocycles. The summed E-state index contributed by atoms with van der Waals surface area (Å²) in [7, 11) is 0. The van der Waals surface area contributed by atoms with E-state index in [0.29, 0.717) is 18.9 Å². The molecule has 0 bridgehead atoms. The molecule has 7 heteroatoms. The van der Waals surface area contributed by atoms with E-state index in [-0.39, 0.29) is 15.8 Å². The van der Waals surface area contributed by atoms with E-state index in [0.717, 1.165) is 0 Å². The quantitative estimate of drug-likeness (QED) is 0.806. The minimum Gasteiger partial charge on any atom is -0.492 e. The fraction of sp³-hybridized carbons (Fsp3) is 0.538. The zero-order valence-electron chi connectivity index (χ0n) is 11.5. The molecule has 0 fully saturated rings. The summed E-state index contributed by atoms with van der Waals surface area (Å²) in [4.78, 5) is 0. The van der Waals surface area contributed by atoms with Gasteiger partial charge in [0, 0.05) is 12.1 Å². The average Bonchev–Trinajstić information content (AvgIpc) is 2.25. The second-order valence-corrected chi connectivity index (χ2v) is 6.02. The summed E-state index contributed by atoms with van der Waals surface area (Å²) >= 11 is 3.02. The normalized spacial score (nSPS) is 12.3. The van der Waals surface area contributed by atoms with Gasteiger partial charge in [0.2, 0.25) is 0 Å². The fourth-order valence-electron chi connectivity index (χ4n) is 1.37. The summed E-state index contributed by atoms with van der Waals surface area (Å²) in [6, 6.07) is 4.09. The van der Waals surface area contributed by atoms with Crippen LogP contribution in [0.4, 0.5) is 13.2 Å². The van der Waals surface area contributed by atoms with Crippen molar-refractivity contribution in [1.82, 2.24) is 5.32 Å². The molecule has 0 aliphatic rings. The zero-order valence-corrected chi connectivity index (χ0v) is 13.1. The van der Waals surface area contributed by atoms with Crippen LogP contribution in [0.3, 0.4) is 0 Å². The van der Waals surface area contributed by atoms with Crippen LogP contribution in [0.1, 0.15) is 20.8 Å². The van der Waals surface area contributed by atoms with Crippen LogP contribution in [0.5, 0.6) is 11.5 Å². The number of nitrogens with one attached hydrogen (secondary N) is 1. The van der Waals surface area contributed by atoms with Gasteiger partial charge in [0.05, 0.1) is 4.47 Å². The molecule has 1 rings (SSSR count). The van der Waals surface area contributed by atoms with E-state index in [4.69, 9.17) is 4.74 Å². The SMILES string of the molecule is CC(C)(C)NCCOc1ccc(OC(F)(F)F)c(Br)c1. The summed E-state index contributed by atoms with van der Waals surface area (Å²) in [5, 5.41) is 3.24. The number of benzene rings is 1. The summed E-state index contributed by atoms with van der Waals surface area (Å²) in [5.74, 6) is 0.180. The molecule has 114 valence electrons. The Balaban J connectivity index is 2.51. The number of alkyl halides is 3. The van der Waals surface area contributed by atoms with E-state index < -0.39 is 6.36 Å². The van der Waals surface area contributed by atoms with E-state index in [1.54, 1.807) is 0 Å². The lowest BCUT2D eigenvalue weighted by molar-refractivity contribution is -0.274. The highest BCUT2D eigenvalue weighted by atomic mass is 79.9. The first-order valence-corrected chi connectivity index (χ1v) is 6.79. The molecule has 1 aromatic rings. The molecule has 0 heterocycles. The Morgan fingerprint density at radius 3 is 2.35 bits per heavy atom. The molecule has 0 amide bonds. The van der Waals surface area contributed by atoms with Crippen LogP contribution in [-0.2, 0) is 0 Å². The predicted molar refractivity (Wildman–Crippen MR) is 74.1 cm³/mol. The third-order valence-electron chi connectivity index (χ3n) is 2.16. The number of halogens is 4. The summed E-state index contributed by atoms with van der Waals surface area (Å²) in [6.45, 7) is 7.16. The molecule has 0 unspecified atom stereocenters. The van der Waals surface area contributed by atoms with Gasteiger partial charge in [-0.15, -0.1) is 13.2 Å². The highest BCUT2D eigenvalue weighted by molar-refractivity contribution is 9.10. The van der Waals surface area contributed by atoms with Gasteiger partial charge < -0.3 is 14.8 Å². The lowest BCUT2D eigenvalue weighted by Gasteiger charge is -2.20. The van der Waals surface area contributed by atoms with Crippen molar-refractivity contribution in [3.05, 3.63) is 22.7 Å². The van der Waals surface area contributed by atoms with Crippen molar-refractivity contribution in [1.29, 1.82) is 0 Å². The lowest BCUT2D eigenvalue weighted by atomic mass is 10.1. The first-order chi connectivity index (χ1) is 9.07. The molecular formula is C13H17BrF3NO2. The topological polar surface area (TPSA) is 30.5 Å². The molecule has 0 radical (unpaired) electrons. The molecule has 1 aromatic carbocycles. The van der Waals surface area contributed by atoms with Crippen molar-refractivity contribution in [3.63, 3.8) is 0 Å². The van der Waals surface area contributed by atoms with E-state index in [9.17, 15) is 13.2 Å². The molecule has 0 aromatic heterocycles. The van der Waals surface area contributed by atoms with Crippen LogP contribution in [0.2, 0.25) is 0 Å². The molecule has 0 saturated carbocycles. The number of rotatable bonds is 5. The second kappa shape index (κ2) is 6.67. The molecular weight excluding hydrogens is 339 g/mol. The Morgan fingerprint density at radius 1 is 1.20 bits per heavy atom. The van der Waals surface area contributed by atoms with Crippen LogP contribution < -0.4 is 14.8 Å². The maximum absolute atomic E-state index is 12.1. The van der Waals surface area contributed by atoms with Crippen LogP contribution >= 0.6 is 15.9 Å². The highest BCUT2D eigenvalue weighted by Crippen LogP contribution is 2.33. The Kier molecular flexibility index (Phi) is 5.70. The van der Waals surface area contributed by atoms with Crippen LogP contribution in [0, 0.1) is 0 Å². The van der Waals surface area contributed by atoms with Crippen molar-refractivity contribution in [3.8, 4) is 11.5 Å². The monoisotopic (exact) mass is 355 g/mol. The molecule has 0 spiro atoms. The Hall–Kier alpha value is -0.950. The number of ether oxygens (including phenoxy) is 2. The molecule has 20 heavy (non-hydrogen) atoms. The van der Waals surface area contributed by atoms with Gasteiger partial charge in [-0.1, -0.05) is 0 Å². The predicted octanol–water partition coefficient (Wildman–Crippen LogP) is 4.11. The lowest BCUT2D eigenvalue weighted by Crippen LogP contribution is -2.38. The molecule has 0 aliphatic heterocycles. The van der Waals surface area contributed by atoms with E-state index in [2.05, 4.69) is 26.0 Å². The molecule has 0 saturated heterocycles. The van der Waals surface area contributed by atoms with Gasteiger partial charge in [0.15, 0.2) is 0 Å². The maximum Gasteiger partial charge on any atom is 0.573 e. The van der Waals surface area contributed by atoms with Crippen molar-refractivity contribution in [2.45, 2.75) is 32.7 Å². The van der Waals surface area contributed by atoms with Crippen LogP contribution in [-0.4, -0.2) is 25.1 Å². The van der Waals surface area contributed by atoms with Crippen molar-refractivity contribution in [2.24, 2.45) is 0 Å². The van der Waals surface area contributed by atoms with E-state index in [1.165, 1.54) is 18.2 Å². The first kappa shape index (κ1) is 17.1. The summed E-state index contributed by atoms with van der Waals surface area (Å²) in [5.41, 5.74) is -0.00561. The van der Waals surface area contributed by atoms with Crippen molar-refractivity contribution < 1.29 is 22.6 Å². The van der Waals surface area contributed by atoms with Crippen molar-refractivity contribution >= 4 is 15.9 Å². The largest absolute Gasteiger partial charge is 0.573 e. The van der Waals surface area contributed by atoms with Crippen LogP contribution in [0.15, 0.2) is 22.7 Å². The molecule has 0 atom stereocenters. The minimum atomic E-state index is -4.71. The van der Waals surface area contributed by atoms with Gasteiger partial charge in [-0.2, -0.15) is 0 Å². The summed E-state index contributed by atoms with van der Waals surface area (Å²) in [6.07, 6.45) is -4.71. The van der Waals surface area contributed by atoms with Gasteiger partial charge in [-0.25, -0.2) is 0 Å². The number of hydrogen-bond acceptors (Lipinski definition) is 3. The smallest absolute Gasteiger partial charge is 0.492 e. The van der Waals surface area contributed by atoms with Gasteiger partial charge in [-0.3, -0.25) is 0 Å². The van der Waals surface area contributed by atoms with E-state index in [1.807, 2.05) is 20.8 Å². The minimum absolute atomic E-state index is 0.00561. The Bertz CT molecular complexity index is 444. The van der Waals surface area contributed by atoms with Gasteiger partial charge in [-0.05, 0) is 54.9 Å². The maximum atomic E-state index is 12.1. The third kappa shape index (κ3) is 7.00. The standard InChI is InChI=1S/C13H17BrF3NO2/c1-12(2,3)18-6-7-19-9-4-5-11(10(14)8-9)20-13(15,16)17/h4-5,8,18H,6-7H2,1-3H3. The van der Waals surface area contributed by atoms with Crippen molar-refractivity contribution in [2.75, 3.05) is 13.2 Å². The highest BCUT2D eigenvalue weighted by Gasteiger charge is 2.31. The molecule has 1 N–H and O–H groups in total. The van der Waals surface area contributed by atoms with Crippen LogP contribution in [0.25, 0.3) is 0 Å². The van der Waals surface area contributed by atoms with Gasteiger partial charge >= 0.3 is 6.36 Å². The van der Waals surface area contributed by atoms with E-state index >= 15 is 0 Å². The Labute approximate surface area is 124 Å². The fourth-order valence-corrected chi connectivity index (χ4v) is 1.81. The summed E-state index contributed by atoms with van der Waals surface area (Å²) < 4.78 is 45.8. The average molecular weight is 356 g/mol. The molecule has 3 nitrogen and oxygen atoms in total. The number of hydrogen-bond donors (Lipinski definition) is 1. The van der Waals surface area contributed by atoms with Gasteiger partial charge in [0.1, 0.15) is 18.1 Å².